The van der Waals surface area contributed by atoms with Crippen molar-refractivity contribution in [2.45, 2.75) is 0 Å². The Bertz CT molecular complexity index is 1000. The molecule has 0 aliphatic heterocycles. The molecule has 2 aromatic carbocycles. The molecule has 0 N–H and O–H groups in total. The SMILES string of the molecule is N#C/C(=C\c1ccc(-c2ccc([N+](=O)[O-])cc2Cl)o1)c1ccccc1. The molecular formula is C19H11ClN2O3. The Kier molecular flexibility index (Phi) is 4.64. The predicted octanol–water partition coefficient (Wildman–Crippen LogP) is 5.57. The van der Waals surface area contributed by atoms with Gasteiger partial charge < -0.3 is 4.42 Å². The maximum absolute atomic E-state index is 10.8. The van der Waals surface area contributed by atoms with Crippen LogP contribution in [0.5, 0.6) is 0 Å². The standard InChI is InChI=1S/C19H11ClN2O3/c20-18-11-15(22(23)24)6-8-17(18)19-9-7-16(25-19)10-14(12-21)13-4-2-1-3-5-13/h1-11H/b14-10+. The number of nitro groups is 1. The van der Waals surface area contributed by atoms with Gasteiger partial charge in [-0.05, 0) is 29.8 Å². The highest BCUT2D eigenvalue weighted by Crippen LogP contribution is 2.33. The number of nitrogens with zero attached hydrogens (tertiary/aromatic N) is 2. The van der Waals surface area contributed by atoms with Crippen LogP contribution in [0.25, 0.3) is 23.0 Å². The lowest BCUT2D eigenvalue weighted by atomic mass is 10.1. The maximum atomic E-state index is 10.8. The molecule has 0 atom stereocenters. The number of hydrogen-bond acceptors (Lipinski definition) is 4. The summed E-state index contributed by atoms with van der Waals surface area (Å²) in [6, 6.07) is 19.0. The molecule has 3 rings (SSSR count). The van der Waals surface area contributed by atoms with E-state index < -0.39 is 4.92 Å². The fraction of sp³-hybridized carbons (Fsp3) is 0. The first-order valence-electron chi connectivity index (χ1n) is 7.30. The van der Waals surface area contributed by atoms with E-state index in [0.29, 0.717) is 22.7 Å². The largest absolute Gasteiger partial charge is 0.457 e. The molecule has 25 heavy (non-hydrogen) atoms. The molecular weight excluding hydrogens is 340 g/mol. The van der Waals surface area contributed by atoms with Crippen LogP contribution in [0.15, 0.2) is 65.1 Å². The molecule has 1 aromatic heterocycles. The molecule has 0 radical (unpaired) electrons. The van der Waals surface area contributed by atoms with Gasteiger partial charge in [0, 0.05) is 17.7 Å². The molecule has 3 aromatic rings. The third-order valence-electron chi connectivity index (χ3n) is 3.55. The van der Waals surface area contributed by atoms with Gasteiger partial charge in [-0.3, -0.25) is 10.1 Å². The summed E-state index contributed by atoms with van der Waals surface area (Å²) in [5.74, 6) is 0.960. The average molecular weight is 351 g/mol. The summed E-state index contributed by atoms with van der Waals surface area (Å²) in [5.41, 5.74) is 1.72. The van der Waals surface area contributed by atoms with Gasteiger partial charge in [0.15, 0.2) is 0 Å². The summed E-state index contributed by atoms with van der Waals surface area (Å²) in [7, 11) is 0. The summed E-state index contributed by atoms with van der Waals surface area (Å²) >= 11 is 6.11. The Hall–Kier alpha value is -3.36. The van der Waals surface area contributed by atoms with Crippen LogP contribution < -0.4 is 0 Å². The number of allylic oxidation sites excluding steroid dienone is 1. The van der Waals surface area contributed by atoms with E-state index in [1.54, 1.807) is 18.2 Å². The van der Waals surface area contributed by atoms with Crippen LogP contribution in [0.3, 0.4) is 0 Å². The molecule has 0 saturated heterocycles. The van der Waals surface area contributed by atoms with Crippen LogP contribution in [0.2, 0.25) is 5.02 Å². The molecule has 0 aliphatic carbocycles. The number of furan rings is 1. The molecule has 0 saturated carbocycles. The van der Waals surface area contributed by atoms with E-state index in [-0.39, 0.29) is 10.7 Å². The average Bonchev–Trinajstić information content (AvgIpc) is 3.08. The fourth-order valence-electron chi connectivity index (χ4n) is 2.33. The van der Waals surface area contributed by atoms with Crippen LogP contribution in [0, 0.1) is 21.4 Å². The second-order valence-corrected chi connectivity index (χ2v) is 5.57. The molecule has 1 heterocycles. The smallest absolute Gasteiger partial charge is 0.270 e. The number of nitriles is 1. The molecule has 0 bridgehead atoms. The first-order valence-corrected chi connectivity index (χ1v) is 7.67. The van der Waals surface area contributed by atoms with Gasteiger partial charge in [-0.15, -0.1) is 0 Å². The number of non-ortho nitro benzene ring substituents is 1. The van der Waals surface area contributed by atoms with Crippen molar-refractivity contribution in [3.05, 3.63) is 87.1 Å². The summed E-state index contributed by atoms with van der Waals surface area (Å²) in [6.07, 6.45) is 1.64. The van der Waals surface area contributed by atoms with Crippen molar-refractivity contribution < 1.29 is 9.34 Å². The number of hydrogen-bond donors (Lipinski definition) is 0. The highest BCUT2D eigenvalue weighted by Gasteiger charge is 2.13. The van der Waals surface area contributed by atoms with Crippen molar-refractivity contribution in [2.24, 2.45) is 0 Å². The van der Waals surface area contributed by atoms with Crippen LogP contribution >= 0.6 is 11.6 Å². The maximum Gasteiger partial charge on any atom is 0.270 e. The summed E-state index contributed by atoms with van der Waals surface area (Å²) in [6.45, 7) is 0. The molecule has 0 aliphatic rings. The normalized spacial score (nSPS) is 11.1. The summed E-state index contributed by atoms with van der Waals surface area (Å²) < 4.78 is 5.72. The number of nitro benzene ring substituents is 1. The van der Waals surface area contributed by atoms with Gasteiger partial charge in [0.1, 0.15) is 11.5 Å². The van der Waals surface area contributed by atoms with E-state index in [0.717, 1.165) is 5.56 Å². The second-order valence-electron chi connectivity index (χ2n) is 5.16. The zero-order valence-corrected chi connectivity index (χ0v) is 13.6. The molecule has 0 spiro atoms. The molecule has 6 heteroatoms. The Balaban J connectivity index is 1.94. The van der Waals surface area contributed by atoms with Gasteiger partial charge in [0.2, 0.25) is 0 Å². The lowest BCUT2D eigenvalue weighted by Crippen LogP contribution is -1.88. The summed E-state index contributed by atoms with van der Waals surface area (Å²) in [5, 5.41) is 20.4. The van der Waals surface area contributed by atoms with E-state index >= 15 is 0 Å². The minimum absolute atomic E-state index is 0.0868. The van der Waals surface area contributed by atoms with Crippen molar-refractivity contribution in [1.82, 2.24) is 0 Å². The minimum Gasteiger partial charge on any atom is -0.457 e. The molecule has 0 fully saturated rings. The number of benzene rings is 2. The van der Waals surface area contributed by atoms with Crippen molar-refractivity contribution in [3.8, 4) is 17.4 Å². The van der Waals surface area contributed by atoms with E-state index in [9.17, 15) is 15.4 Å². The minimum atomic E-state index is -0.509. The number of rotatable bonds is 4. The quantitative estimate of drug-likeness (QED) is 0.350. The van der Waals surface area contributed by atoms with E-state index in [1.807, 2.05) is 30.3 Å². The number of halogens is 1. The second kappa shape index (κ2) is 7.04. The van der Waals surface area contributed by atoms with Gasteiger partial charge >= 0.3 is 0 Å². The first kappa shape index (κ1) is 16.5. The third kappa shape index (κ3) is 3.60. The molecule has 5 nitrogen and oxygen atoms in total. The lowest BCUT2D eigenvalue weighted by Gasteiger charge is -2.01. The third-order valence-corrected chi connectivity index (χ3v) is 3.86. The van der Waals surface area contributed by atoms with Crippen LogP contribution in [0.4, 0.5) is 5.69 Å². The molecule has 0 unspecified atom stereocenters. The van der Waals surface area contributed by atoms with Gasteiger partial charge in [-0.1, -0.05) is 41.9 Å². The van der Waals surface area contributed by atoms with Crippen molar-refractivity contribution in [1.29, 1.82) is 5.26 Å². The van der Waals surface area contributed by atoms with E-state index in [1.165, 1.54) is 18.2 Å². The topological polar surface area (TPSA) is 80.1 Å². The lowest BCUT2D eigenvalue weighted by molar-refractivity contribution is -0.384. The van der Waals surface area contributed by atoms with Gasteiger partial charge in [0.05, 0.1) is 21.6 Å². The van der Waals surface area contributed by atoms with Gasteiger partial charge in [0.25, 0.3) is 5.69 Å². The highest BCUT2D eigenvalue weighted by atomic mass is 35.5. The van der Waals surface area contributed by atoms with Crippen LogP contribution in [-0.2, 0) is 0 Å². The Morgan fingerprint density at radius 2 is 1.92 bits per heavy atom. The summed E-state index contributed by atoms with van der Waals surface area (Å²) in [4.78, 5) is 10.3. The van der Waals surface area contributed by atoms with Crippen molar-refractivity contribution >= 4 is 28.9 Å². The first-order chi connectivity index (χ1) is 12.1. The van der Waals surface area contributed by atoms with E-state index in [4.69, 9.17) is 16.0 Å². The molecule has 0 amide bonds. The molecule has 122 valence electrons. The zero-order chi connectivity index (χ0) is 17.8. The van der Waals surface area contributed by atoms with Crippen LogP contribution in [0.1, 0.15) is 11.3 Å². The Labute approximate surface area is 148 Å². The van der Waals surface area contributed by atoms with Crippen molar-refractivity contribution in [3.63, 3.8) is 0 Å². The highest BCUT2D eigenvalue weighted by molar-refractivity contribution is 6.33. The predicted molar refractivity (Wildman–Crippen MR) is 95.7 cm³/mol. The Morgan fingerprint density at radius 1 is 1.16 bits per heavy atom. The van der Waals surface area contributed by atoms with E-state index in [2.05, 4.69) is 6.07 Å². The van der Waals surface area contributed by atoms with Gasteiger partial charge in [-0.25, -0.2) is 0 Å². The fourth-order valence-corrected chi connectivity index (χ4v) is 2.60. The zero-order valence-electron chi connectivity index (χ0n) is 12.8. The van der Waals surface area contributed by atoms with Crippen LogP contribution in [-0.4, -0.2) is 4.92 Å². The van der Waals surface area contributed by atoms with Gasteiger partial charge in [-0.2, -0.15) is 5.26 Å². The van der Waals surface area contributed by atoms with Crippen molar-refractivity contribution in [2.75, 3.05) is 0 Å². The Morgan fingerprint density at radius 3 is 2.56 bits per heavy atom. The monoisotopic (exact) mass is 350 g/mol.